The van der Waals surface area contributed by atoms with Gasteiger partial charge in [0, 0.05) is 26.4 Å². The SMILES string of the molecule is C=C(C)CCCCCCCCC(=O)NCC(=O)NCCCCCCCCCCCC(=O)NCC(=O)NC. The summed E-state index contributed by atoms with van der Waals surface area (Å²) in [5.41, 5.74) is 1.25. The molecule has 0 aromatic rings. The fraction of sp³-hybridized carbons (Fsp3) is 0.793. The van der Waals surface area contributed by atoms with Crippen molar-refractivity contribution in [3.05, 3.63) is 12.2 Å². The molecule has 4 N–H and O–H groups in total. The molecule has 0 fully saturated rings. The van der Waals surface area contributed by atoms with Gasteiger partial charge in [-0.05, 0) is 39.0 Å². The Morgan fingerprint density at radius 3 is 1.30 bits per heavy atom. The van der Waals surface area contributed by atoms with Gasteiger partial charge in [0.25, 0.3) is 0 Å². The lowest BCUT2D eigenvalue weighted by Gasteiger charge is -2.07. The van der Waals surface area contributed by atoms with Crippen LogP contribution in [0.25, 0.3) is 0 Å². The second kappa shape index (κ2) is 25.3. The predicted molar refractivity (Wildman–Crippen MR) is 151 cm³/mol. The molecule has 0 saturated heterocycles. The van der Waals surface area contributed by atoms with E-state index in [-0.39, 0.29) is 36.7 Å². The first-order chi connectivity index (χ1) is 17.8. The van der Waals surface area contributed by atoms with E-state index in [1.165, 1.54) is 44.1 Å². The molecule has 0 bridgehead atoms. The predicted octanol–water partition coefficient (Wildman–Crippen LogP) is 4.68. The van der Waals surface area contributed by atoms with Crippen LogP contribution in [0.3, 0.4) is 0 Å². The first-order valence-corrected chi connectivity index (χ1v) is 14.5. The van der Waals surface area contributed by atoms with Crippen molar-refractivity contribution in [1.82, 2.24) is 21.3 Å². The molecule has 0 rings (SSSR count). The number of allylic oxidation sites excluding steroid dienone is 1. The van der Waals surface area contributed by atoms with Crippen molar-refractivity contribution in [2.75, 3.05) is 26.7 Å². The minimum absolute atomic E-state index is 0.0401. The van der Waals surface area contributed by atoms with Crippen LogP contribution in [0.15, 0.2) is 12.2 Å². The van der Waals surface area contributed by atoms with Crippen LogP contribution < -0.4 is 21.3 Å². The lowest BCUT2D eigenvalue weighted by Crippen LogP contribution is -2.37. The van der Waals surface area contributed by atoms with Crippen LogP contribution >= 0.6 is 0 Å². The third kappa shape index (κ3) is 26.5. The Kier molecular flexibility index (Phi) is 23.7. The zero-order valence-electron chi connectivity index (χ0n) is 23.7. The molecule has 0 unspecified atom stereocenters. The second-order valence-corrected chi connectivity index (χ2v) is 10.1. The number of rotatable bonds is 25. The Hall–Kier alpha value is -2.38. The number of hydrogen-bond acceptors (Lipinski definition) is 4. The maximum Gasteiger partial charge on any atom is 0.239 e. The van der Waals surface area contributed by atoms with Gasteiger partial charge in [-0.3, -0.25) is 19.2 Å². The smallest absolute Gasteiger partial charge is 0.239 e. The van der Waals surface area contributed by atoms with Crippen molar-refractivity contribution in [2.45, 2.75) is 122 Å². The molecule has 0 radical (unpaired) electrons. The van der Waals surface area contributed by atoms with Crippen LogP contribution in [0.5, 0.6) is 0 Å². The molecule has 0 aliphatic carbocycles. The number of hydrogen-bond donors (Lipinski definition) is 4. The van der Waals surface area contributed by atoms with E-state index in [2.05, 4.69) is 34.8 Å². The van der Waals surface area contributed by atoms with E-state index in [9.17, 15) is 19.2 Å². The Balaban J connectivity index is 3.38. The molecular formula is C29H54N4O4. The van der Waals surface area contributed by atoms with Crippen LogP contribution in [-0.2, 0) is 19.2 Å². The van der Waals surface area contributed by atoms with E-state index in [1.54, 1.807) is 7.05 Å². The second-order valence-electron chi connectivity index (χ2n) is 10.1. The number of amides is 4. The van der Waals surface area contributed by atoms with Crippen molar-refractivity contribution in [3.63, 3.8) is 0 Å². The average molecular weight is 523 g/mol. The third-order valence-corrected chi connectivity index (χ3v) is 6.33. The molecule has 0 atom stereocenters. The maximum absolute atomic E-state index is 11.9. The summed E-state index contributed by atoms with van der Waals surface area (Å²) in [4.78, 5) is 46.4. The summed E-state index contributed by atoms with van der Waals surface area (Å²) in [5.74, 6) is -0.406. The fourth-order valence-corrected chi connectivity index (χ4v) is 3.98. The summed E-state index contributed by atoms with van der Waals surface area (Å²) in [6, 6.07) is 0. The topological polar surface area (TPSA) is 116 Å². The van der Waals surface area contributed by atoms with E-state index in [4.69, 9.17) is 0 Å². The van der Waals surface area contributed by atoms with Crippen LogP contribution in [0, 0.1) is 0 Å². The molecule has 4 amide bonds. The molecule has 0 aliphatic rings. The lowest BCUT2D eigenvalue weighted by molar-refractivity contribution is -0.126. The van der Waals surface area contributed by atoms with E-state index in [0.717, 1.165) is 64.2 Å². The molecular weight excluding hydrogens is 468 g/mol. The summed E-state index contributed by atoms with van der Waals surface area (Å²) < 4.78 is 0. The highest BCUT2D eigenvalue weighted by Crippen LogP contribution is 2.11. The zero-order valence-corrected chi connectivity index (χ0v) is 23.7. The molecule has 8 nitrogen and oxygen atoms in total. The molecule has 0 heterocycles. The molecule has 0 spiro atoms. The normalized spacial score (nSPS) is 10.5. The summed E-state index contributed by atoms with van der Waals surface area (Å²) in [5, 5.41) is 10.7. The van der Waals surface area contributed by atoms with E-state index in [1.807, 2.05) is 0 Å². The molecule has 214 valence electrons. The fourth-order valence-electron chi connectivity index (χ4n) is 3.98. The van der Waals surface area contributed by atoms with Crippen molar-refractivity contribution in [1.29, 1.82) is 0 Å². The molecule has 37 heavy (non-hydrogen) atoms. The van der Waals surface area contributed by atoms with Crippen LogP contribution in [0.1, 0.15) is 122 Å². The Bertz CT molecular complexity index is 652. The summed E-state index contributed by atoms with van der Waals surface area (Å²) in [7, 11) is 1.55. The monoisotopic (exact) mass is 522 g/mol. The van der Waals surface area contributed by atoms with E-state index in [0.29, 0.717) is 19.4 Å². The standard InChI is InChI=1S/C29H54N4O4/c1-25(2)19-15-11-8-9-13-17-21-27(35)33-24-29(37)31-22-18-14-10-6-4-5-7-12-16-20-26(34)32-23-28(36)30-3/h1,4-24H2,2-3H3,(H,30,36)(H,31,37)(H,32,34)(H,33,35). The summed E-state index contributed by atoms with van der Waals surface area (Å²) >= 11 is 0. The van der Waals surface area contributed by atoms with Crippen molar-refractivity contribution in [3.8, 4) is 0 Å². The van der Waals surface area contributed by atoms with Crippen molar-refractivity contribution < 1.29 is 19.2 Å². The Labute approximate surface area is 225 Å². The van der Waals surface area contributed by atoms with Gasteiger partial charge >= 0.3 is 0 Å². The van der Waals surface area contributed by atoms with Crippen LogP contribution in [0.4, 0.5) is 0 Å². The quantitative estimate of drug-likeness (QED) is 0.103. The van der Waals surface area contributed by atoms with Gasteiger partial charge < -0.3 is 21.3 Å². The van der Waals surface area contributed by atoms with Gasteiger partial charge in [-0.1, -0.05) is 76.2 Å². The maximum atomic E-state index is 11.9. The average Bonchev–Trinajstić information content (AvgIpc) is 2.87. The lowest BCUT2D eigenvalue weighted by atomic mass is 10.1. The highest BCUT2D eigenvalue weighted by atomic mass is 16.2. The van der Waals surface area contributed by atoms with Crippen molar-refractivity contribution in [2.24, 2.45) is 0 Å². The van der Waals surface area contributed by atoms with Gasteiger partial charge in [-0.25, -0.2) is 0 Å². The Morgan fingerprint density at radius 2 is 0.865 bits per heavy atom. The van der Waals surface area contributed by atoms with Crippen molar-refractivity contribution >= 4 is 23.6 Å². The molecule has 0 saturated carbocycles. The van der Waals surface area contributed by atoms with E-state index < -0.39 is 0 Å². The number of unbranched alkanes of at least 4 members (excludes halogenated alkanes) is 13. The van der Waals surface area contributed by atoms with Gasteiger partial charge in [0.05, 0.1) is 13.1 Å². The number of likely N-dealkylation sites (N-methyl/N-ethyl adjacent to an activating group) is 1. The van der Waals surface area contributed by atoms with Gasteiger partial charge in [-0.2, -0.15) is 0 Å². The van der Waals surface area contributed by atoms with E-state index >= 15 is 0 Å². The third-order valence-electron chi connectivity index (χ3n) is 6.33. The number of nitrogens with one attached hydrogen (secondary N) is 4. The minimum Gasteiger partial charge on any atom is -0.358 e. The first kappa shape index (κ1) is 34.6. The largest absolute Gasteiger partial charge is 0.358 e. The Morgan fingerprint density at radius 1 is 0.486 bits per heavy atom. The van der Waals surface area contributed by atoms with Gasteiger partial charge in [0.15, 0.2) is 0 Å². The molecule has 8 heteroatoms. The minimum atomic E-state index is -0.183. The number of carbonyl (C=O) groups is 4. The molecule has 0 aromatic carbocycles. The highest BCUT2D eigenvalue weighted by molar-refractivity contribution is 5.85. The van der Waals surface area contributed by atoms with Gasteiger partial charge in [-0.15, -0.1) is 6.58 Å². The number of carbonyl (C=O) groups excluding carboxylic acids is 4. The van der Waals surface area contributed by atoms with Gasteiger partial charge in [0.2, 0.25) is 23.6 Å². The molecule has 0 aliphatic heterocycles. The highest BCUT2D eigenvalue weighted by Gasteiger charge is 2.06. The summed E-state index contributed by atoms with van der Waals surface area (Å²) in [6.07, 6.45) is 18.6. The van der Waals surface area contributed by atoms with Crippen LogP contribution in [0.2, 0.25) is 0 Å². The molecule has 0 aromatic heterocycles. The summed E-state index contributed by atoms with van der Waals surface area (Å²) in [6.45, 7) is 6.76. The van der Waals surface area contributed by atoms with Gasteiger partial charge in [0.1, 0.15) is 0 Å². The first-order valence-electron chi connectivity index (χ1n) is 14.5. The zero-order chi connectivity index (χ0) is 27.6. The van der Waals surface area contributed by atoms with Crippen LogP contribution in [-0.4, -0.2) is 50.3 Å².